The Labute approximate surface area is 217 Å². The number of hydrogen-bond donors (Lipinski definition) is 3. The van der Waals surface area contributed by atoms with Crippen molar-refractivity contribution in [3.63, 3.8) is 0 Å². The Morgan fingerprint density at radius 1 is 1.36 bits per heavy atom. The molecule has 2 unspecified atom stereocenters. The number of aliphatic imine (C=N–C) groups is 1. The maximum Gasteiger partial charge on any atom is 0.246 e. The lowest BCUT2D eigenvalue weighted by Crippen LogP contribution is -2.57. The van der Waals surface area contributed by atoms with E-state index in [4.69, 9.17) is 17.6 Å². The minimum Gasteiger partial charge on any atom is -0.391 e. The molecule has 1 saturated heterocycles. The van der Waals surface area contributed by atoms with Crippen LogP contribution in [0.4, 0.5) is 4.79 Å². The molecule has 0 aliphatic carbocycles. The van der Waals surface area contributed by atoms with Gasteiger partial charge in [0.25, 0.3) is 0 Å². The third kappa shape index (κ3) is 5.21. The van der Waals surface area contributed by atoms with E-state index in [1.807, 2.05) is 64.4 Å². The molecule has 3 N–H and O–H groups in total. The molecule has 2 aliphatic heterocycles. The number of nitrogens with zero attached hydrogens (tertiary/aromatic N) is 3. The SMILES string of the molecule is [B][B]C(=O)NC(C(=O)N1C[C@H](O)C[C@H]1C1=NC(C)(c2ccc(-c3scnc3C)cc2)ON1)C(C)(C)C. The molecule has 9 nitrogen and oxygen atoms in total. The van der Waals surface area contributed by atoms with Gasteiger partial charge < -0.3 is 15.3 Å². The van der Waals surface area contributed by atoms with E-state index in [0.29, 0.717) is 12.3 Å². The summed E-state index contributed by atoms with van der Waals surface area (Å²) < 4.78 is 0. The Kier molecular flexibility index (Phi) is 7.32. The lowest BCUT2D eigenvalue weighted by Gasteiger charge is -2.35. The first kappa shape index (κ1) is 26.4. The Bertz CT molecular complexity index is 1170. The molecule has 4 atom stereocenters. The quantitative estimate of drug-likeness (QED) is 0.517. The third-order valence-electron chi connectivity index (χ3n) is 6.55. The second kappa shape index (κ2) is 9.99. The van der Waals surface area contributed by atoms with Crippen molar-refractivity contribution in [2.45, 2.75) is 65.0 Å². The van der Waals surface area contributed by atoms with Crippen LogP contribution in [0.1, 0.15) is 45.4 Å². The molecule has 0 spiro atoms. The highest BCUT2D eigenvalue weighted by atomic mass is 32.1. The second-order valence-corrected chi connectivity index (χ2v) is 11.3. The molecule has 1 fully saturated rings. The zero-order chi connectivity index (χ0) is 26.3. The number of hydroxylamine groups is 1. The van der Waals surface area contributed by atoms with Gasteiger partial charge in [-0.05, 0) is 24.8 Å². The monoisotopic (exact) mass is 506 g/mol. The molecule has 1 aromatic heterocycles. The predicted molar refractivity (Wildman–Crippen MR) is 141 cm³/mol. The number of hydrogen-bond acceptors (Lipinski definition) is 8. The molecule has 187 valence electrons. The van der Waals surface area contributed by atoms with Crippen molar-refractivity contribution in [3.05, 3.63) is 41.0 Å². The highest BCUT2D eigenvalue weighted by molar-refractivity contribution is 7.13. The van der Waals surface area contributed by atoms with Crippen molar-refractivity contribution in [2.24, 2.45) is 10.4 Å². The summed E-state index contributed by atoms with van der Waals surface area (Å²) in [5.74, 6) is -0.403. The van der Waals surface area contributed by atoms with Crippen LogP contribution in [0.2, 0.25) is 0 Å². The number of benzene rings is 1. The second-order valence-electron chi connectivity index (χ2n) is 10.4. The van der Waals surface area contributed by atoms with Crippen LogP contribution in [0.15, 0.2) is 34.8 Å². The summed E-state index contributed by atoms with van der Waals surface area (Å²) in [6.07, 6.45) is -0.427. The summed E-state index contributed by atoms with van der Waals surface area (Å²) in [7, 11) is 6.24. The number of carbonyl (C=O) groups is 2. The van der Waals surface area contributed by atoms with Gasteiger partial charge in [0.1, 0.15) is 11.9 Å². The Balaban J connectivity index is 1.58. The smallest absolute Gasteiger partial charge is 0.246 e. The summed E-state index contributed by atoms with van der Waals surface area (Å²) in [4.78, 5) is 43.2. The zero-order valence-electron chi connectivity index (χ0n) is 21.1. The number of amides is 2. The molecule has 0 saturated carbocycles. The van der Waals surface area contributed by atoms with Gasteiger partial charge in [0.15, 0.2) is 13.0 Å². The summed E-state index contributed by atoms with van der Waals surface area (Å²) in [5.41, 5.74) is 6.02. The van der Waals surface area contributed by atoms with Crippen LogP contribution in [0.3, 0.4) is 0 Å². The number of amidine groups is 1. The molecule has 2 aromatic rings. The Morgan fingerprint density at radius 2 is 2.06 bits per heavy atom. The van der Waals surface area contributed by atoms with E-state index in [0.717, 1.165) is 28.9 Å². The maximum atomic E-state index is 13.6. The van der Waals surface area contributed by atoms with Crippen molar-refractivity contribution >= 4 is 43.8 Å². The number of thiazole rings is 1. The first-order chi connectivity index (χ1) is 16.9. The predicted octanol–water partition coefficient (Wildman–Crippen LogP) is 2.10. The Morgan fingerprint density at radius 3 is 2.64 bits per heavy atom. The highest BCUT2D eigenvalue weighted by Crippen LogP contribution is 2.35. The molecule has 2 aliphatic rings. The zero-order valence-corrected chi connectivity index (χ0v) is 21.9. The van der Waals surface area contributed by atoms with Crippen LogP contribution in [0, 0.1) is 12.3 Å². The number of nitrogens with one attached hydrogen (secondary N) is 2. The van der Waals surface area contributed by atoms with Crippen LogP contribution in [0.5, 0.6) is 0 Å². The van der Waals surface area contributed by atoms with Gasteiger partial charge in [0.2, 0.25) is 11.6 Å². The van der Waals surface area contributed by atoms with Crippen LogP contribution >= 0.6 is 11.3 Å². The van der Waals surface area contributed by atoms with Crippen molar-refractivity contribution in [1.82, 2.24) is 20.7 Å². The van der Waals surface area contributed by atoms with Gasteiger partial charge in [-0.15, -0.1) is 11.3 Å². The summed E-state index contributed by atoms with van der Waals surface area (Å²) in [5, 5.41) is 13.1. The number of likely N-dealkylation sites (tertiary alicyclic amines) is 1. The van der Waals surface area contributed by atoms with Crippen LogP contribution in [-0.2, 0) is 15.4 Å². The standard InChI is InChI=1S/C24H30B2N5O4S/c1-13-18(36-12-27-13)14-6-8-15(9-7-14)24(5)29-20(30-35-24)17-10-16(32)11-31(17)21(33)19(23(2,3)4)28-22(34)26-25/h6-9,12,16-17,19,32H,10-11H2,1-5H3,(H,28,34)(H,29,30)/t16-,17+,19?,24?/m1/s1. The molecule has 3 heterocycles. The van der Waals surface area contributed by atoms with E-state index in [9.17, 15) is 14.7 Å². The number of aliphatic hydroxyl groups excluding tert-OH is 1. The van der Waals surface area contributed by atoms with Crippen molar-refractivity contribution in [3.8, 4) is 10.4 Å². The molecule has 2 amide bonds. The first-order valence-corrected chi connectivity index (χ1v) is 12.7. The summed E-state index contributed by atoms with van der Waals surface area (Å²) >= 11 is 1.59. The fourth-order valence-electron chi connectivity index (χ4n) is 4.52. The average Bonchev–Trinajstić information content (AvgIpc) is 3.54. The van der Waals surface area contributed by atoms with Gasteiger partial charge in [-0.25, -0.2) is 20.3 Å². The molecule has 12 heteroatoms. The number of aryl methyl sites for hydroxylation is 1. The number of carbonyl (C=O) groups excluding carboxylic acids is 2. The van der Waals surface area contributed by atoms with Gasteiger partial charge in [0, 0.05) is 26.3 Å². The minimum atomic E-state index is -1.01. The van der Waals surface area contributed by atoms with Crippen LogP contribution < -0.4 is 10.8 Å². The average molecular weight is 506 g/mol. The number of β-amino-alcohol motifs (C(OH)–C–C–N with tert-alkyl or cyclic N) is 1. The summed E-state index contributed by atoms with van der Waals surface area (Å²) in [6, 6.07) is 6.58. The molecule has 36 heavy (non-hydrogen) atoms. The van der Waals surface area contributed by atoms with Crippen molar-refractivity contribution in [1.29, 1.82) is 0 Å². The molecule has 3 radical (unpaired) electrons. The Hall–Kier alpha value is -2.69. The molecule has 4 rings (SSSR count). The molecular formula is C24H30B2N5O4S. The summed E-state index contributed by atoms with van der Waals surface area (Å²) in [6.45, 7) is 9.52. The molecule has 1 aromatic carbocycles. The lowest BCUT2D eigenvalue weighted by atomic mass is 9.55. The first-order valence-electron chi connectivity index (χ1n) is 11.8. The minimum absolute atomic E-state index is 0.124. The fourth-order valence-corrected chi connectivity index (χ4v) is 5.34. The van der Waals surface area contributed by atoms with Crippen LogP contribution in [0.25, 0.3) is 10.4 Å². The fraction of sp³-hybridized carbons (Fsp3) is 0.500. The number of rotatable bonds is 6. The van der Waals surface area contributed by atoms with Gasteiger partial charge in [-0.1, -0.05) is 45.0 Å². The molecular weight excluding hydrogens is 476 g/mol. The van der Waals surface area contributed by atoms with E-state index in [1.165, 1.54) is 0 Å². The van der Waals surface area contributed by atoms with Gasteiger partial charge >= 0.3 is 0 Å². The van der Waals surface area contributed by atoms with E-state index in [1.54, 1.807) is 16.2 Å². The van der Waals surface area contributed by atoms with Gasteiger partial charge in [0.05, 0.1) is 28.2 Å². The topological polar surface area (TPSA) is 116 Å². The third-order valence-corrected chi connectivity index (χ3v) is 7.52. The van der Waals surface area contributed by atoms with Gasteiger partial charge in [-0.2, -0.15) is 0 Å². The van der Waals surface area contributed by atoms with Crippen molar-refractivity contribution < 1.29 is 19.5 Å². The largest absolute Gasteiger partial charge is 0.391 e. The maximum absolute atomic E-state index is 13.6. The van der Waals surface area contributed by atoms with Crippen LogP contribution in [-0.4, -0.2) is 72.2 Å². The van der Waals surface area contributed by atoms with E-state index in [2.05, 4.69) is 15.8 Å². The molecule has 0 bridgehead atoms. The number of aromatic nitrogens is 1. The number of aliphatic hydroxyl groups is 1. The van der Waals surface area contributed by atoms with E-state index in [-0.39, 0.29) is 12.5 Å². The van der Waals surface area contributed by atoms with Gasteiger partial charge in [-0.3, -0.25) is 9.59 Å². The van der Waals surface area contributed by atoms with E-state index >= 15 is 0 Å². The normalized spacial score (nSPS) is 24.7. The van der Waals surface area contributed by atoms with E-state index < -0.39 is 35.1 Å². The van der Waals surface area contributed by atoms with Crippen molar-refractivity contribution in [2.75, 3.05) is 6.54 Å². The highest BCUT2D eigenvalue weighted by Gasteiger charge is 2.46. The lowest BCUT2D eigenvalue weighted by molar-refractivity contribution is -0.136.